The van der Waals surface area contributed by atoms with Gasteiger partial charge in [0.05, 0.1) is 11.6 Å². The quantitative estimate of drug-likeness (QED) is 0.337. The normalized spacial score (nSPS) is 20.8. The van der Waals surface area contributed by atoms with Gasteiger partial charge in [-0.05, 0) is 73.9 Å². The summed E-state index contributed by atoms with van der Waals surface area (Å²) in [6.45, 7) is 2.08. The average Bonchev–Trinajstić information content (AvgIpc) is 3.83. The van der Waals surface area contributed by atoms with Gasteiger partial charge in [0.15, 0.2) is 11.6 Å². The van der Waals surface area contributed by atoms with Crippen LogP contribution in [0.2, 0.25) is 0 Å². The summed E-state index contributed by atoms with van der Waals surface area (Å²) in [5, 5.41) is 7.36. The van der Waals surface area contributed by atoms with Gasteiger partial charge in [-0.25, -0.2) is 4.98 Å². The zero-order valence-corrected chi connectivity index (χ0v) is 22.2. The molecule has 1 aliphatic heterocycles. The first-order valence-corrected chi connectivity index (χ1v) is 14.2. The van der Waals surface area contributed by atoms with Crippen molar-refractivity contribution in [1.29, 1.82) is 0 Å². The predicted molar refractivity (Wildman–Crippen MR) is 154 cm³/mol. The van der Waals surface area contributed by atoms with E-state index in [1.54, 1.807) is 16.8 Å². The SMILES string of the molecule is O=C1CC(n2c(=O)c(C(=O)C3CC3)cc3cnc(Nc4ccc(C5CCCNC5)cc4)nc32)Cc2ccccc21. The molecule has 3 aliphatic rings. The molecule has 1 saturated carbocycles. The zero-order valence-electron chi connectivity index (χ0n) is 22.2. The fourth-order valence-electron chi connectivity index (χ4n) is 6.17. The van der Waals surface area contributed by atoms with E-state index in [0.717, 1.165) is 37.2 Å². The number of ketones is 2. The minimum Gasteiger partial charge on any atom is -0.324 e. The monoisotopic (exact) mass is 533 g/mol. The third-order valence-corrected chi connectivity index (χ3v) is 8.48. The first-order valence-electron chi connectivity index (χ1n) is 14.2. The molecule has 2 aliphatic carbocycles. The smallest absolute Gasteiger partial charge is 0.263 e. The number of anilines is 2. The van der Waals surface area contributed by atoms with Crippen LogP contribution >= 0.6 is 0 Å². The van der Waals surface area contributed by atoms with E-state index in [1.807, 2.05) is 36.4 Å². The predicted octanol–water partition coefficient (Wildman–Crippen LogP) is 4.97. The molecule has 1 saturated heterocycles. The van der Waals surface area contributed by atoms with Gasteiger partial charge in [-0.3, -0.25) is 19.0 Å². The number of nitrogens with one attached hydrogen (secondary N) is 2. The molecular formula is C32H31N5O3. The van der Waals surface area contributed by atoms with Gasteiger partial charge in [-0.2, -0.15) is 4.98 Å². The van der Waals surface area contributed by atoms with E-state index >= 15 is 0 Å². The summed E-state index contributed by atoms with van der Waals surface area (Å²) < 4.78 is 1.57. The van der Waals surface area contributed by atoms with Gasteiger partial charge in [0, 0.05) is 41.7 Å². The van der Waals surface area contributed by atoms with Crippen molar-refractivity contribution in [3.63, 3.8) is 0 Å². The Morgan fingerprint density at radius 2 is 1.82 bits per heavy atom. The highest BCUT2D eigenvalue weighted by molar-refractivity contribution is 6.01. The Bertz CT molecular complexity index is 1680. The maximum Gasteiger partial charge on any atom is 0.263 e. The topological polar surface area (TPSA) is 106 Å². The van der Waals surface area contributed by atoms with Crippen LogP contribution in [-0.2, 0) is 6.42 Å². The van der Waals surface area contributed by atoms with Crippen molar-refractivity contribution in [1.82, 2.24) is 19.9 Å². The highest BCUT2D eigenvalue weighted by Gasteiger charge is 2.35. The number of nitrogens with zero attached hydrogens (tertiary/aromatic N) is 3. The molecule has 2 atom stereocenters. The molecule has 8 nitrogen and oxygen atoms in total. The Morgan fingerprint density at radius 3 is 2.60 bits per heavy atom. The van der Waals surface area contributed by atoms with Crippen molar-refractivity contribution < 1.29 is 9.59 Å². The number of aromatic nitrogens is 3. The summed E-state index contributed by atoms with van der Waals surface area (Å²) in [7, 11) is 0. The number of fused-ring (bicyclic) bond motifs is 2. The number of Topliss-reactive ketones (excluding diaryl/α,β-unsaturated/α-hetero) is 2. The van der Waals surface area contributed by atoms with Crippen LogP contribution in [0.25, 0.3) is 11.0 Å². The summed E-state index contributed by atoms with van der Waals surface area (Å²) in [4.78, 5) is 49.3. The lowest BCUT2D eigenvalue weighted by Crippen LogP contribution is -2.34. The van der Waals surface area contributed by atoms with E-state index in [1.165, 1.54) is 18.4 Å². The number of benzene rings is 2. The van der Waals surface area contributed by atoms with Crippen LogP contribution < -0.4 is 16.2 Å². The third-order valence-electron chi connectivity index (χ3n) is 8.48. The van der Waals surface area contributed by atoms with Crippen LogP contribution in [0.5, 0.6) is 0 Å². The third kappa shape index (κ3) is 4.62. The minimum atomic E-state index is -0.435. The molecule has 2 aromatic carbocycles. The van der Waals surface area contributed by atoms with E-state index in [9.17, 15) is 14.4 Å². The van der Waals surface area contributed by atoms with Crippen LogP contribution in [0.4, 0.5) is 11.6 Å². The molecule has 4 aromatic rings. The van der Waals surface area contributed by atoms with Crippen molar-refractivity contribution in [2.45, 2.75) is 50.5 Å². The van der Waals surface area contributed by atoms with Gasteiger partial charge < -0.3 is 10.6 Å². The molecule has 3 heterocycles. The number of carbonyl (C=O) groups is 2. The lowest BCUT2D eigenvalue weighted by Gasteiger charge is -2.27. The molecule has 7 rings (SSSR count). The lowest BCUT2D eigenvalue weighted by atomic mass is 9.87. The summed E-state index contributed by atoms with van der Waals surface area (Å²) in [5.74, 6) is 0.647. The van der Waals surface area contributed by atoms with Gasteiger partial charge in [-0.15, -0.1) is 0 Å². The molecule has 8 heteroatoms. The summed E-state index contributed by atoms with van der Waals surface area (Å²) >= 11 is 0. The van der Waals surface area contributed by atoms with Crippen molar-refractivity contribution in [3.05, 3.63) is 93.4 Å². The molecule has 40 heavy (non-hydrogen) atoms. The average molecular weight is 534 g/mol. The van der Waals surface area contributed by atoms with Crippen LogP contribution in [0.3, 0.4) is 0 Å². The number of piperidine rings is 1. The Hall–Kier alpha value is -4.17. The molecular weight excluding hydrogens is 502 g/mol. The van der Waals surface area contributed by atoms with Crippen molar-refractivity contribution >= 4 is 34.2 Å². The van der Waals surface area contributed by atoms with E-state index in [0.29, 0.717) is 34.9 Å². The van der Waals surface area contributed by atoms with Crippen molar-refractivity contribution in [2.75, 3.05) is 18.4 Å². The number of hydrogen-bond donors (Lipinski definition) is 2. The van der Waals surface area contributed by atoms with Crippen LogP contribution in [0.15, 0.2) is 65.6 Å². The number of carbonyl (C=O) groups excluding carboxylic acids is 2. The molecule has 2 unspecified atom stereocenters. The Morgan fingerprint density at radius 1 is 1.00 bits per heavy atom. The van der Waals surface area contributed by atoms with Gasteiger partial charge in [0.25, 0.3) is 5.56 Å². The van der Waals surface area contributed by atoms with Gasteiger partial charge in [0.2, 0.25) is 5.95 Å². The van der Waals surface area contributed by atoms with E-state index < -0.39 is 6.04 Å². The van der Waals surface area contributed by atoms with Crippen LogP contribution in [-0.4, -0.2) is 39.2 Å². The molecule has 202 valence electrons. The van der Waals surface area contributed by atoms with Crippen molar-refractivity contribution in [2.24, 2.45) is 5.92 Å². The number of hydrogen-bond acceptors (Lipinski definition) is 7. The lowest BCUT2D eigenvalue weighted by molar-refractivity contribution is 0.0951. The van der Waals surface area contributed by atoms with Gasteiger partial charge >= 0.3 is 0 Å². The number of pyridine rings is 1. The second kappa shape index (κ2) is 10.1. The van der Waals surface area contributed by atoms with E-state index in [-0.39, 0.29) is 35.0 Å². The molecule has 0 bridgehead atoms. The standard InChI is InChI=1S/C32H31N5O3/c38-28-16-25(14-21-4-1-2-6-26(21)28)37-30-23(15-27(31(37)40)29(39)20-7-8-20)18-34-32(36-30)35-24-11-9-19(10-12-24)22-5-3-13-33-17-22/h1-2,4,6,9-12,15,18,20,22,25,33H,3,5,7-8,13-14,16-17H2,(H,34,35,36). The fraction of sp³-hybridized carbons (Fsp3) is 0.344. The van der Waals surface area contributed by atoms with Gasteiger partial charge in [0.1, 0.15) is 5.65 Å². The van der Waals surface area contributed by atoms with E-state index in [2.05, 4.69) is 27.8 Å². The summed E-state index contributed by atoms with van der Waals surface area (Å²) in [5.41, 5.74) is 3.98. The van der Waals surface area contributed by atoms with Crippen LogP contribution in [0, 0.1) is 5.92 Å². The van der Waals surface area contributed by atoms with E-state index in [4.69, 9.17) is 4.98 Å². The first kappa shape index (κ1) is 24.8. The Labute approximate surface area is 231 Å². The molecule has 2 fully saturated rings. The summed E-state index contributed by atoms with van der Waals surface area (Å²) in [6, 6.07) is 17.1. The molecule has 0 amide bonds. The maximum absolute atomic E-state index is 13.9. The van der Waals surface area contributed by atoms with Crippen molar-refractivity contribution in [3.8, 4) is 0 Å². The van der Waals surface area contributed by atoms with Gasteiger partial charge in [-0.1, -0.05) is 36.4 Å². The first-order chi connectivity index (χ1) is 19.5. The molecule has 2 aromatic heterocycles. The maximum atomic E-state index is 13.9. The molecule has 0 radical (unpaired) electrons. The minimum absolute atomic E-state index is 0.00789. The zero-order chi connectivity index (χ0) is 27.2. The Balaban J connectivity index is 1.26. The largest absolute Gasteiger partial charge is 0.324 e. The second-order valence-electron chi connectivity index (χ2n) is 11.3. The second-order valence-corrected chi connectivity index (χ2v) is 11.3. The molecule has 2 N–H and O–H groups in total. The summed E-state index contributed by atoms with van der Waals surface area (Å²) in [6.07, 6.45) is 6.33. The number of rotatable bonds is 6. The molecule has 0 spiro atoms. The van der Waals surface area contributed by atoms with Crippen LogP contribution in [0.1, 0.15) is 75.9 Å². The fourth-order valence-corrected chi connectivity index (χ4v) is 6.17. The Kier molecular flexibility index (Phi) is 6.27. The highest BCUT2D eigenvalue weighted by Crippen LogP contribution is 2.34. The highest BCUT2D eigenvalue weighted by atomic mass is 16.2.